The van der Waals surface area contributed by atoms with Crippen molar-refractivity contribution in [3.63, 3.8) is 0 Å². The van der Waals surface area contributed by atoms with Gasteiger partial charge in [0.15, 0.2) is 5.82 Å². The minimum Gasteiger partial charge on any atom is -0.464 e. The fourth-order valence-electron chi connectivity index (χ4n) is 1.44. The van der Waals surface area contributed by atoms with Gasteiger partial charge in [-0.2, -0.15) is 23.7 Å². The highest BCUT2D eigenvalue weighted by molar-refractivity contribution is 7.99. The molecule has 20 heavy (non-hydrogen) atoms. The molecule has 8 heteroatoms. The first-order chi connectivity index (χ1) is 9.58. The highest BCUT2D eigenvalue weighted by Gasteiger charge is 2.09. The van der Waals surface area contributed by atoms with Crippen LogP contribution in [-0.4, -0.2) is 27.3 Å². The second-order valence-electron chi connectivity index (χ2n) is 3.55. The van der Waals surface area contributed by atoms with E-state index in [1.54, 1.807) is 31.2 Å². The highest BCUT2D eigenvalue weighted by atomic mass is 35.5. The summed E-state index contributed by atoms with van der Waals surface area (Å²) in [6.07, 6.45) is 0. The van der Waals surface area contributed by atoms with E-state index in [-0.39, 0.29) is 11.3 Å². The standard InChI is InChI=1S/C12H10ClF2N3OS/c1-2-19-12-17-9(16-10(13)18-12)7-3-5-8(6-4-7)20-11(14)15/h3-6,11H,2H2,1H3. The van der Waals surface area contributed by atoms with Crippen LogP contribution in [0.2, 0.25) is 5.28 Å². The largest absolute Gasteiger partial charge is 0.464 e. The minimum absolute atomic E-state index is 0.0180. The lowest BCUT2D eigenvalue weighted by Crippen LogP contribution is -2.01. The quantitative estimate of drug-likeness (QED) is 0.783. The summed E-state index contributed by atoms with van der Waals surface area (Å²) in [7, 11) is 0. The topological polar surface area (TPSA) is 47.9 Å². The van der Waals surface area contributed by atoms with Gasteiger partial charge in [0, 0.05) is 10.5 Å². The number of halogens is 3. The zero-order chi connectivity index (χ0) is 14.5. The van der Waals surface area contributed by atoms with Gasteiger partial charge in [-0.05, 0) is 30.7 Å². The third-order valence-corrected chi connectivity index (χ3v) is 3.09. The number of nitrogens with zero attached hydrogens (tertiary/aromatic N) is 3. The summed E-state index contributed by atoms with van der Waals surface area (Å²) in [4.78, 5) is 12.4. The van der Waals surface area contributed by atoms with Crippen molar-refractivity contribution in [2.24, 2.45) is 0 Å². The van der Waals surface area contributed by atoms with Crippen LogP contribution in [0.1, 0.15) is 6.92 Å². The summed E-state index contributed by atoms with van der Waals surface area (Å²) in [6.45, 7) is 2.21. The van der Waals surface area contributed by atoms with Gasteiger partial charge in [0.25, 0.3) is 5.76 Å². The Morgan fingerprint density at radius 3 is 2.50 bits per heavy atom. The van der Waals surface area contributed by atoms with Gasteiger partial charge in [-0.25, -0.2) is 0 Å². The van der Waals surface area contributed by atoms with E-state index < -0.39 is 5.76 Å². The Morgan fingerprint density at radius 2 is 1.90 bits per heavy atom. The zero-order valence-corrected chi connectivity index (χ0v) is 12.0. The van der Waals surface area contributed by atoms with Crippen LogP contribution in [-0.2, 0) is 0 Å². The average Bonchev–Trinajstić information content (AvgIpc) is 2.38. The van der Waals surface area contributed by atoms with E-state index in [4.69, 9.17) is 16.3 Å². The number of hydrogen-bond donors (Lipinski definition) is 0. The maximum absolute atomic E-state index is 12.2. The minimum atomic E-state index is -2.45. The Bertz CT molecular complexity index is 583. The van der Waals surface area contributed by atoms with Crippen molar-refractivity contribution in [3.05, 3.63) is 29.5 Å². The number of benzene rings is 1. The first-order valence-corrected chi connectivity index (χ1v) is 6.94. The molecule has 0 unspecified atom stereocenters. The number of rotatable bonds is 5. The first-order valence-electron chi connectivity index (χ1n) is 5.68. The molecule has 0 radical (unpaired) electrons. The van der Waals surface area contributed by atoms with Gasteiger partial charge in [0.2, 0.25) is 5.28 Å². The molecule has 0 fully saturated rings. The Morgan fingerprint density at radius 1 is 1.20 bits per heavy atom. The summed E-state index contributed by atoms with van der Waals surface area (Å²) in [5.74, 6) is -2.11. The van der Waals surface area contributed by atoms with Crippen molar-refractivity contribution in [2.45, 2.75) is 17.6 Å². The van der Waals surface area contributed by atoms with Crippen LogP contribution in [0, 0.1) is 0 Å². The molecule has 2 aromatic rings. The second kappa shape index (κ2) is 6.81. The Kier molecular flexibility index (Phi) is 5.08. The lowest BCUT2D eigenvalue weighted by atomic mass is 10.2. The molecule has 0 saturated heterocycles. The maximum Gasteiger partial charge on any atom is 0.321 e. The number of alkyl halides is 2. The van der Waals surface area contributed by atoms with Crippen molar-refractivity contribution in [3.8, 4) is 17.4 Å². The van der Waals surface area contributed by atoms with Crippen molar-refractivity contribution in [2.75, 3.05) is 6.61 Å². The van der Waals surface area contributed by atoms with Crippen molar-refractivity contribution in [1.82, 2.24) is 15.0 Å². The molecule has 0 aliphatic carbocycles. The summed E-state index contributed by atoms with van der Waals surface area (Å²) in [5, 5.41) is 0.0180. The maximum atomic E-state index is 12.2. The highest BCUT2D eigenvalue weighted by Crippen LogP contribution is 2.27. The molecule has 0 aliphatic rings. The smallest absolute Gasteiger partial charge is 0.321 e. The summed E-state index contributed by atoms with van der Waals surface area (Å²) in [6, 6.07) is 6.57. The molecule has 0 spiro atoms. The molecule has 4 nitrogen and oxygen atoms in total. The van der Waals surface area contributed by atoms with Crippen LogP contribution in [0.3, 0.4) is 0 Å². The third kappa shape index (κ3) is 4.01. The summed E-state index contributed by atoms with van der Waals surface area (Å²) < 4.78 is 29.6. The van der Waals surface area contributed by atoms with E-state index in [0.29, 0.717) is 34.7 Å². The predicted octanol–water partition coefficient (Wildman–Crippen LogP) is 3.91. The fraction of sp³-hybridized carbons (Fsp3) is 0.250. The molecular formula is C12H10ClF2N3OS. The van der Waals surface area contributed by atoms with Crippen LogP contribution in [0.5, 0.6) is 6.01 Å². The van der Waals surface area contributed by atoms with Crippen LogP contribution < -0.4 is 4.74 Å². The fourth-order valence-corrected chi connectivity index (χ4v) is 2.09. The van der Waals surface area contributed by atoms with Gasteiger partial charge in [0.05, 0.1) is 6.61 Å². The molecule has 0 saturated carbocycles. The first kappa shape index (κ1) is 14.9. The third-order valence-electron chi connectivity index (χ3n) is 2.20. The molecule has 1 aromatic heterocycles. The molecule has 2 rings (SSSR count). The Balaban J connectivity index is 2.26. The lowest BCUT2D eigenvalue weighted by molar-refractivity contribution is 0.252. The number of aromatic nitrogens is 3. The van der Waals surface area contributed by atoms with Crippen LogP contribution in [0.4, 0.5) is 8.78 Å². The van der Waals surface area contributed by atoms with E-state index >= 15 is 0 Å². The Labute approximate surface area is 123 Å². The SMILES string of the molecule is CCOc1nc(Cl)nc(-c2ccc(SC(F)F)cc2)n1. The molecule has 0 atom stereocenters. The summed E-state index contributed by atoms with van der Waals surface area (Å²) >= 11 is 6.27. The summed E-state index contributed by atoms with van der Waals surface area (Å²) in [5.41, 5.74) is 0.647. The average molecular weight is 318 g/mol. The van der Waals surface area contributed by atoms with Crippen LogP contribution in [0.25, 0.3) is 11.4 Å². The molecule has 106 valence electrons. The molecule has 0 bridgehead atoms. The number of thioether (sulfide) groups is 1. The van der Waals surface area contributed by atoms with Crippen molar-refractivity contribution >= 4 is 23.4 Å². The van der Waals surface area contributed by atoms with Gasteiger partial charge in [0.1, 0.15) is 0 Å². The van der Waals surface area contributed by atoms with Gasteiger partial charge in [-0.15, -0.1) is 0 Å². The van der Waals surface area contributed by atoms with Crippen molar-refractivity contribution in [1.29, 1.82) is 0 Å². The Hall–Kier alpha value is -1.47. The molecule has 0 aliphatic heterocycles. The van der Waals surface area contributed by atoms with E-state index in [9.17, 15) is 8.78 Å². The molecule has 0 amide bonds. The van der Waals surface area contributed by atoms with Gasteiger partial charge < -0.3 is 4.74 Å². The normalized spacial score (nSPS) is 10.8. The number of hydrogen-bond acceptors (Lipinski definition) is 5. The van der Waals surface area contributed by atoms with E-state index in [1.807, 2.05) is 0 Å². The second-order valence-corrected chi connectivity index (χ2v) is 4.95. The molecule has 0 N–H and O–H groups in total. The molecule has 1 aromatic carbocycles. The van der Waals surface area contributed by atoms with Crippen LogP contribution >= 0.6 is 23.4 Å². The van der Waals surface area contributed by atoms with Crippen LogP contribution in [0.15, 0.2) is 29.2 Å². The molecule has 1 heterocycles. The van der Waals surface area contributed by atoms with Crippen molar-refractivity contribution < 1.29 is 13.5 Å². The predicted molar refractivity (Wildman–Crippen MR) is 73.3 cm³/mol. The van der Waals surface area contributed by atoms with Gasteiger partial charge in [-0.3, -0.25) is 0 Å². The monoisotopic (exact) mass is 317 g/mol. The molecular weight excluding hydrogens is 308 g/mol. The van der Waals surface area contributed by atoms with Gasteiger partial charge >= 0.3 is 6.01 Å². The lowest BCUT2D eigenvalue weighted by Gasteiger charge is -2.05. The van der Waals surface area contributed by atoms with Gasteiger partial charge in [-0.1, -0.05) is 23.9 Å². The zero-order valence-electron chi connectivity index (χ0n) is 10.4. The number of ether oxygens (including phenoxy) is 1. The van der Waals surface area contributed by atoms with E-state index in [0.717, 1.165) is 0 Å². The van der Waals surface area contributed by atoms with E-state index in [1.165, 1.54) is 0 Å². The van der Waals surface area contributed by atoms with E-state index in [2.05, 4.69) is 15.0 Å².